The Bertz CT molecular complexity index is 1200. The number of nitrogens with zero attached hydrogens (tertiary/aromatic N) is 3. The summed E-state index contributed by atoms with van der Waals surface area (Å²) in [5.74, 6) is 4.09. The highest BCUT2D eigenvalue weighted by molar-refractivity contribution is 5.97. The van der Waals surface area contributed by atoms with Gasteiger partial charge in [-0.2, -0.15) is 0 Å². The molecule has 3 atom stereocenters. The lowest BCUT2D eigenvalue weighted by molar-refractivity contribution is 0.0356. The van der Waals surface area contributed by atoms with Crippen LogP contribution in [0.25, 0.3) is 0 Å². The number of carbonyl (C=O) groups excluding carboxylic acids is 2. The number of benzene rings is 1. The van der Waals surface area contributed by atoms with Crippen LogP contribution in [0.15, 0.2) is 30.5 Å². The Hall–Kier alpha value is -3.71. The molecule has 0 unspecified atom stereocenters. The van der Waals surface area contributed by atoms with Crippen molar-refractivity contribution < 1.29 is 28.2 Å². The second kappa shape index (κ2) is 12.5. The number of aliphatic hydroxyl groups excluding tert-OH is 1. The minimum absolute atomic E-state index is 0.0681. The van der Waals surface area contributed by atoms with Gasteiger partial charge in [0.15, 0.2) is 0 Å². The smallest absolute Gasteiger partial charge is 0.321 e. The van der Waals surface area contributed by atoms with Gasteiger partial charge in [-0.25, -0.2) is 18.6 Å². The molecule has 3 amide bonds. The molecule has 1 aromatic heterocycles. The van der Waals surface area contributed by atoms with Crippen LogP contribution in [0.4, 0.5) is 19.3 Å². The molecule has 10 heteroatoms. The van der Waals surface area contributed by atoms with E-state index in [1.165, 1.54) is 18.1 Å². The third kappa shape index (κ3) is 6.95. The average Bonchev–Trinajstić information content (AvgIpc) is 2.88. The second-order valence-electron chi connectivity index (χ2n) is 9.19. The quantitative estimate of drug-likeness (QED) is 0.571. The first-order chi connectivity index (χ1) is 17.6. The number of halogens is 2. The third-order valence-electron chi connectivity index (χ3n) is 6.10. The van der Waals surface area contributed by atoms with Crippen molar-refractivity contribution in [1.29, 1.82) is 0 Å². The summed E-state index contributed by atoms with van der Waals surface area (Å²) in [6.45, 7) is 5.72. The fraction of sp³-hybridized carbons (Fsp3) is 0.444. The monoisotopic (exact) mass is 514 g/mol. The van der Waals surface area contributed by atoms with Gasteiger partial charge >= 0.3 is 6.03 Å². The molecule has 2 aromatic rings. The molecule has 3 rings (SSSR count). The Kier molecular flexibility index (Phi) is 9.42. The highest BCUT2D eigenvalue weighted by atomic mass is 19.1. The van der Waals surface area contributed by atoms with Crippen LogP contribution in [0, 0.1) is 29.4 Å². The van der Waals surface area contributed by atoms with E-state index in [1.54, 1.807) is 17.9 Å². The first-order valence-corrected chi connectivity index (χ1v) is 12.2. The number of aromatic nitrogens is 1. The van der Waals surface area contributed by atoms with Gasteiger partial charge in [-0.3, -0.25) is 4.79 Å². The third-order valence-corrected chi connectivity index (χ3v) is 6.10. The molecule has 1 aliphatic rings. The van der Waals surface area contributed by atoms with Crippen molar-refractivity contribution in [2.24, 2.45) is 5.92 Å². The molecule has 37 heavy (non-hydrogen) atoms. The molecule has 198 valence electrons. The molecular weight excluding hydrogens is 482 g/mol. The molecule has 0 bridgehead atoms. The number of carbonyl (C=O) groups is 2. The number of pyridine rings is 1. The number of unbranched alkanes of at least 4 members (excludes halogenated alkanes) is 1. The zero-order chi connectivity index (χ0) is 27.1. The summed E-state index contributed by atoms with van der Waals surface area (Å²) < 4.78 is 33.7. The number of anilines is 1. The molecule has 0 saturated heterocycles. The first kappa shape index (κ1) is 27.9. The van der Waals surface area contributed by atoms with Gasteiger partial charge in [0.2, 0.25) is 5.88 Å². The van der Waals surface area contributed by atoms with E-state index in [4.69, 9.17) is 4.74 Å². The number of amides is 3. The average molecular weight is 515 g/mol. The van der Waals surface area contributed by atoms with Crippen molar-refractivity contribution in [3.8, 4) is 17.7 Å². The number of fused-ring (bicyclic) bond motifs is 1. The molecular formula is C27H32F2N4O4. The molecule has 0 radical (unpaired) electrons. The molecule has 0 aliphatic carbocycles. The standard InChI is InChI=1S/C27H32F2N4O4/c1-5-6-7-8-19-11-21-25(30-13-19)37-24(17(2)14-33(26(21)35)18(3)16-34)15-32(4)27(36)31-23-12-20(28)9-10-22(23)29/h9-13,17-18,24,34H,5-6,14-16H2,1-4H3,(H,31,36)/t17-,18-,24-/m0/s1. The molecule has 0 spiro atoms. The number of hydrogen-bond donors (Lipinski definition) is 2. The lowest BCUT2D eigenvalue weighted by Crippen LogP contribution is -2.50. The van der Waals surface area contributed by atoms with Crippen LogP contribution in [-0.2, 0) is 0 Å². The largest absolute Gasteiger partial charge is 0.472 e. The van der Waals surface area contributed by atoms with E-state index in [9.17, 15) is 23.5 Å². The molecule has 0 saturated carbocycles. The lowest BCUT2D eigenvalue weighted by Gasteiger charge is -2.37. The lowest BCUT2D eigenvalue weighted by atomic mass is 10.00. The van der Waals surface area contributed by atoms with Crippen LogP contribution in [-0.4, -0.2) is 70.7 Å². The number of aliphatic hydroxyl groups is 1. The molecule has 8 nitrogen and oxygen atoms in total. The fourth-order valence-electron chi connectivity index (χ4n) is 3.83. The highest BCUT2D eigenvalue weighted by Gasteiger charge is 2.34. The topological polar surface area (TPSA) is 95.0 Å². The highest BCUT2D eigenvalue weighted by Crippen LogP contribution is 2.27. The van der Waals surface area contributed by atoms with E-state index >= 15 is 0 Å². The van der Waals surface area contributed by atoms with Crippen molar-refractivity contribution in [1.82, 2.24) is 14.8 Å². The van der Waals surface area contributed by atoms with Crippen LogP contribution >= 0.6 is 0 Å². The molecule has 1 aromatic carbocycles. The summed E-state index contributed by atoms with van der Waals surface area (Å²) in [5, 5.41) is 12.1. The molecule has 0 fully saturated rings. The number of urea groups is 1. The van der Waals surface area contributed by atoms with Gasteiger partial charge in [0, 0.05) is 43.8 Å². The van der Waals surface area contributed by atoms with Crippen LogP contribution in [0.5, 0.6) is 5.88 Å². The van der Waals surface area contributed by atoms with Crippen LogP contribution < -0.4 is 10.1 Å². The Morgan fingerprint density at radius 1 is 1.38 bits per heavy atom. The first-order valence-electron chi connectivity index (χ1n) is 12.2. The SMILES string of the molecule is CCCC#Cc1cnc2c(c1)C(=O)N([C@@H](C)CO)C[C@H](C)[C@H](CN(C)C(=O)Nc1cc(F)ccc1F)O2. The van der Waals surface area contributed by atoms with Gasteiger partial charge in [0.25, 0.3) is 5.91 Å². The number of hydrogen-bond acceptors (Lipinski definition) is 5. The maximum absolute atomic E-state index is 14.0. The van der Waals surface area contributed by atoms with E-state index in [0.717, 1.165) is 24.6 Å². The summed E-state index contributed by atoms with van der Waals surface area (Å²) >= 11 is 0. The molecule has 1 aliphatic heterocycles. The zero-order valence-electron chi connectivity index (χ0n) is 21.4. The number of likely N-dealkylation sites (N-methyl/N-ethyl adjacent to an activating group) is 1. The van der Waals surface area contributed by atoms with Gasteiger partial charge in [0.1, 0.15) is 23.3 Å². The van der Waals surface area contributed by atoms with Crippen molar-refractivity contribution in [2.75, 3.05) is 32.1 Å². The van der Waals surface area contributed by atoms with E-state index in [2.05, 4.69) is 22.1 Å². The van der Waals surface area contributed by atoms with Crippen LogP contribution in [0.3, 0.4) is 0 Å². The van der Waals surface area contributed by atoms with Crippen LogP contribution in [0.2, 0.25) is 0 Å². The summed E-state index contributed by atoms with van der Waals surface area (Å²) in [6.07, 6.45) is 2.55. The maximum Gasteiger partial charge on any atom is 0.321 e. The van der Waals surface area contributed by atoms with Gasteiger partial charge < -0.3 is 25.0 Å². The summed E-state index contributed by atoms with van der Waals surface area (Å²) in [7, 11) is 1.50. The van der Waals surface area contributed by atoms with Gasteiger partial charge in [-0.15, -0.1) is 0 Å². The Morgan fingerprint density at radius 2 is 2.14 bits per heavy atom. The predicted molar refractivity (Wildman–Crippen MR) is 135 cm³/mol. The summed E-state index contributed by atoms with van der Waals surface area (Å²) in [6, 6.07) is 3.30. The van der Waals surface area contributed by atoms with Gasteiger partial charge in [-0.05, 0) is 31.5 Å². The summed E-state index contributed by atoms with van der Waals surface area (Å²) in [5.41, 5.74) is 0.509. The van der Waals surface area contributed by atoms with Crippen molar-refractivity contribution in [2.45, 2.75) is 45.8 Å². The van der Waals surface area contributed by atoms with Crippen molar-refractivity contribution in [3.05, 3.63) is 53.2 Å². The van der Waals surface area contributed by atoms with E-state index in [0.29, 0.717) is 12.0 Å². The predicted octanol–water partition coefficient (Wildman–Crippen LogP) is 3.90. The van der Waals surface area contributed by atoms with Gasteiger partial charge in [0.05, 0.1) is 24.9 Å². The number of rotatable bonds is 6. The fourth-order valence-corrected chi connectivity index (χ4v) is 3.83. The maximum atomic E-state index is 14.0. The van der Waals surface area contributed by atoms with Crippen LogP contribution in [0.1, 0.15) is 49.5 Å². The van der Waals surface area contributed by atoms with E-state index < -0.39 is 29.8 Å². The Labute approximate surface area is 215 Å². The minimum atomic E-state index is -0.762. The molecule has 2 heterocycles. The van der Waals surface area contributed by atoms with Gasteiger partial charge in [-0.1, -0.05) is 25.7 Å². The minimum Gasteiger partial charge on any atom is -0.472 e. The Balaban J connectivity index is 1.88. The van der Waals surface area contributed by atoms with E-state index in [-0.39, 0.29) is 48.7 Å². The normalized spacial score (nSPS) is 17.9. The summed E-state index contributed by atoms with van der Waals surface area (Å²) in [4.78, 5) is 33.4. The number of nitrogens with one attached hydrogen (secondary N) is 1. The van der Waals surface area contributed by atoms with Crippen molar-refractivity contribution >= 4 is 17.6 Å². The second-order valence-corrected chi connectivity index (χ2v) is 9.19. The number of ether oxygens (including phenoxy) is 1. The molecule has 2 N–H and O–H groups in total. The Morgan fingerprint density at radius 3 is 2.84 bits per heavy atom. The zero-order valence-corrected chi connectivity index (χ0v) is 21.4. The van der Waals surface area contributed by atoms with Crippen molar-refractivity contribution in [3.63, 3.8) is 0 Å². The van der Waals surface area contributed by atoms with E-state index in [1.807, 2.05) is 13.8 Å².